The summed E-state index contributed by atoms with van der Waals surface area (Å²) in [6, 6.07) is 0. The Morgan fingerprint density at radius 3 is 1.00 bits per heavy atom. The van der Waals surface area contributed by atoms with Crippen molar-refractivity contribution in [1.29, 1.82) is 0 Å². The fourth-order valence-corrected chi connectivity index (χ4v) is 0. The van der Waals surface area contributed by atoms with E-state index in [1.165, 1.54) is 0 Å². The van der Waals surface area contributed by atoms with E-state index in [2.05, 4.69) is 0 Å². The van der Waals surface area contributed by atoms with Crippen molar-refractivity contribution in [2.24, 2.45) is 0 Å². The van der Waals surface area contributed by atoms with Crippen LogP contribution in [0.15, 0.2) is 0 Å². The van der Waals surface area contributed by atoms with Gasteiger partial charge in [0.2, 0.25) is 0 Å². The molecule has 0 spiro atoms. The summed E-state index contributed by atoms with van der Waals surface area (Å²) in [5.41, 5.74) is 0. The first-order chi connectivity index (χ1) is 2.00. The maximum atomic E-state index is 8.88. The summed E-state index contributed by atoms with van der Waals surface area (Å²) in [4.78, 5) is 21.6. The molecule has 0 aromatic heterocycles. The van der Waals surface area contributed by atoms with Gasteiger partial charge in [0.25, 0.3) is 0 Å². The molecule has 0 aromatic rings. The molecule has 0 fully saturated rings. The van der Waals surface area contributed by atoms with Gasteiger partial charge in [-0.05, 0) is 0 Å². The zero-order valence-corrected chi connectivity index (χ0v) is 4.09. The van der Waals surface area contributed by atoms with Crippen molar-refractivity contribution in [3.8, 4) is 0 Å². The predicted molar refractivity (Wildman–Crippen MR) is 30.0 cm³/mol. The van der Waals surface area contributed by atoms with Crippen molar-refractivity contribution in [2.75, 3.05) is 0 Å². The molecule has 52 valence electrons. The van der Waals surface area contributed by atoms with E-state index in [9.17, 15) is 0 Å². The van der Waals surface area contributed by atoms with Crippen LogP contribution in [-0.4, -0.2) is 63.4 Å². The van der Waals surface area contributed by atoms with E-state index in [1.807, 2.05) is 0 Å². The molecule has 0 aliphatic carbocycles. The van der Waals surface area contributed by atoms with Crippen molar-refractivity contribution < 1.29 is 30.2 Å². The number of hydrogen-bond acceptors (Lipinski definition) is 1. The van der Waals surface area contributed by atoms with Crippen molar-refractivity contribution in [3.05, 3.63) is 0 Å². The molecular formula is H9CaO6P. The van der Waals surface area contributed by atoms with E-state index >= 15 is 0 Å². The Morgan fingerprint density at radius 1 is 1.00 bits per heavy atom. The first-order valence-electron chi connectivity index (χ1n) is 0.783. The monoisotopic (exact) mass is 176 g/mol. The quantitative estimate of drug-likeness (QED) is 0.260. The summed E-state index contributed by atoms with van der Waals surface area (Å²) in [6.07, 6.45) is 0. The topological polar surface area (TPSA) is 141 Å². The van der Waals surface area contributed by atoms with Gasteiger partial charge in [-0.25, -0.2) is 4.57 Å². The van der Waals surface area contributed by atoms with E-state index in [0.29, 0.717) is 0 Å². The molecule has 0 bridgehead atoms. The standard InChI is InChI=1S/Ca.H3O4P.2H2O.2H/c;1-5(2,3)4;;;;/h;(H3,1,2,3,4);2*1H2;;. The fourth-order valence-electron chi connectivity index (χ4n) is 0. The van der Waals surface area contributed by atoms with Crippen LogP contribution in [0.4, 0.5) is 0 Å². The van der Waals surface area contributed by atoms with Gasteiger partial charge >= 0.3 is 45.6 Å². The molecule has 0 unspecified atom stereocenters. The van der Waals surface area contributed by atoms with Gasteiger partial charge in [0, 0.05) is 0 Å². The predicted octanol–water partition coefficient (Wildman–Crippen LogP) is -3.49. The second-order valence-corrected chi connectivity index (χ2v) is 1.54. The van der Waals surface area contributed by atoms with Gasteiger partial charge in [-0.2, -0.15) is 0 Å². The summed E-state index contributed by atoms with van der Waals surface area (Å²) in [7, 11) is -4.64. The van der Waals surface area contributed by atoms with Crippen LogP contribution < -0.4 is 0 Å². The van der Waals surface area contributed by atoms with E-state index in [0.717, 1.165) is 0 Å². The first kappa shape index (κ1) is 22.8. The molecular weight excluding hydrogens is 167 g/mol. The summed E-state index contributed by atoms with van der Waals surface area (Å²) in [5.74, 6) is 0. The summed E-state index contributed by atoms with van der Waals surface area (Å²) in [5, 5.41) is 0. The van der Waals surface area contributed by atoms with Gasteiger partial charge in [-0.1, -0.05) is 0 Å². The minimum absolute atomic E-state index is 0. The molecule has 0 saturated heterocycles. The second kappa shape index (κ2) is 8.29. The summed E-state index contributed by atoms with van der Waals surface area (Å²) in [6.45, 7) is 0. The zero-order chi connectivity index (χ0) is 4.50. The minimum atomic E-state index is -4.64. The first-order valence-corrected chi connectivity index (χ1v) is 2.35. The molecule has 7 N–H and O–H groups in total. The SMILES string of the molecule is O.O.O=P(O)(O)O.[CaH2]. The Balaban J connectivity index is -0.0000000267. The molecule has 8 heavy (non-hydrogen) atoms. The normalized spacial score (nSPS) is 7.38. The molecule has 0 amide bonds. The summed E-state index contributed by atoms with van der Waals surface area (Å²) >= 11 is 0. The fraction of sp³-hybridized carbons (Fsp3) is 0. The van der Waals surface area contributed by atoms with Crippen LogP contribution in [-0.2, 0) is 4.57 Å². The van der Waals surface area contributed by atoms with Crippen LogP contribution in [0.2, 0.25) is 0 Å². The van der Waals surface area contributed by atoms with E-state index in [-0.39, 0.29) is 48.7 Å². The Hall–Kier alpha value is 1.29. The van der Waals surface area contributed by atoms with Crippen molar-refractivity contribution >= 4 is 45.6 Å². The third-order valence-electron chi connectivity index (χ3n) is 0. The molecule has 0 saturated carbocycles. The molecule has 0 aromatic carbocycles. The molecule has 0 aliphatic rings. The van der Waals surface area contributed by atoms with Crippen molar-refractivity contribution in [2.45, 2.75) is 0 Å². The van der Waals surface area contributed by atoms with Gasteiger partial charge < -0.3 is 25.6 Å². The van der Waals surface area contributed by atoms with Crippen LogP contribution in [0.1, 0.15) is 0 Å². The van der Waals surface area contributed by atoms with E-state index in [1.54, 1.807) is 0 Å². The van der Waals surface area contributed by atoms with Gasteiger partial charge in [0.15, 0.2) is 0 Å². The van der Waals surface area contributed by atoms with Crippen LogP contribution in [0.3, 0.4) is 0 Å². The van der Waals surface area contributed by atoms with Gasteiger partial charge in [0.1, 0.15) is 0 Å². The Bertz CT molecular complexity index is 54.7. The third-order valence-corrected chi connectivity index (χ3v) is 0. The van der Waals surface area contributed by atoms with Crippen molar-refractivity contribution in [1.82, 2.24) is 0 Å². The number of phosphoric acid groups is 1. The Kier molecular flexibility index (Phi) is 23.6. The van der Waals surface area contributed by atoms with E-state index in [4.69, 9.17) is 19.2 Å². The van der Waals surface area contributed by atoms with E-state index < -0.39 is 7.82 Å². The summed E-state index contributed by atoms with van der Waals surface area (Å²) < 4.78 is 8.88. The van der Waals surface area contributed by atoms with Crippen LogP contribution in [0.25, 0.3) is 0 Å². The Labute approximate surface area is 75.4 Å². The Morgan fingerprint density at radius 2 is 1.00 bits per heavy atom. The average molecular weight is 176 g/mol. The van der Waals surface area contributed by atoms with Gasteiger partial charge in [-0.15, -0.1) is 0 Å². The molecule has 0 atom stereocenters. The second-order valence-electron chi connectivity index (χ2n) is 0.513. The molecule has 0 heterocycles. The number of rotatable bonds is 0. The van der Waals surface area contributed by atoms with Crippen molar-refractivity contribution in [3.63, 3.8) is 0 Å². The van der Waals surface area contributed by atoms with Gasteiger partial charge in [-0.3, -0.25) is 0 Å². The van der Waals surface area contributed by atoms with Crippen LogP contribution in [0.5, 0.6) is 0 Å². The third kappa shape index (κ3) is 173. The molecule has 0 radical (unpaired) electrons. The molecule has 8 heteroatoms. The van der Waals surface area contributed by atoms with Crippen LogP contribution in [0, 0.1) is 0 Å². The molecule has 0 rings (SSSR count). The molecule has 0 aliphatic heterocycles. The maximum absolute atomic E-state index is 8.88. The average Bonchev–Trinajstić information content (AvgIpc) is 0.722. The zero-order valence-electron chi connectivity index (χ0n) is 3.20. The van der Waals surface area contributed by atoms with Crippen LogP contribution >= 0.6 is 7.82 Å². The van der Waals surface area contributed by atoms with Gasteiger partial charge in [0.05, 0.1) is 0 Å². The number of hydrogen-bond donors (Lipinski definition) is 3. The molecule has 6 nitrogen and oxygen atoms in total.